The van der Waals surface area contributed by atoms with E-state index in [1.807, 2.05) is 32.0 Å². The fourth-order valence-corrected chi connectivity index (χ4v) is 1.96. The van der Waals surface area contributed by atoms with E-state index in [0.717, 1.165) is 17.1 Å². The summed E-state index contributed by atoms with van der Waals surface area (Å²) in [5, 5.41) is 0. The Morgan fingerprint density at radius 2 is 1.61 bits per heavy atom. The Balaban J connectivity index is 3.07. The van der Waals surface area contributed by atoms with Crippen LogP contribution in [-0.2, 0) is 4.74 Å². The molecule has 0 aliphatic heterocycles. The second-order valence-electron chi connectivity index (χ2n) is 4.85. The maximum absolute atomic E-state index is 6.27. The summed E-state index contributed by atoms with van der Waals surface area (Å²) in [6.07, 6.45) is 0.681. The first kappa shape index (κ1) is 14.8. The third kappa shape index (κ3) is 3.37. The van der Waals surface area contributed by atoms with Gasteiger partial charge in [-0.25, -0.2) is 0 Å². The van der Waals surface area contributed by atoms with Crippen molar-refractivity contribution in [2.45, 2.75) is 31.9 Å². The van der Waals surface area contributed by atoms with E-state index in [-0.39, 0.29) is 11.6 Å². The van der Waals surface area contributed by atoms with Crippen LogP contribution in [0.15, 0.2) is 18.2 Å². The number of nitrogens with two attached hydrogens (primary N) is 1. The molecule has 0 fully saturated rings. The molecule has 0 aromatic heterocycles. The predicted octanol–water partition coefficient (Wildman–Crippen LogP) is 2.52. The quantitative estimate of drug-likeness (QED) is 0.846. The highest BCUT2D eigenvalue weighted by atomic mass is 16.5. The molecule has 102 valence electrons. The molecule has 1 aromatic carbocycles. The molecule has 0 saturated heterocycles. The number of ether oxygens (including phenoxy) is 3. The van der Waals surface area contributed by atoms with Crippen molar-refractivity contribution in [2.24, 2.45) is 5.73 Å². The fourth-order valence-electron chi connectivity index (χ4n) is 1.96. The molecule has 1 atom stereocenters. The normalized spacial score (nSPS) is 13.2. The van der Waals surface area contributed by atoms with Crippen LogP contribution in [0.2, 0.25) is 0 Å². The van der Waals surface area contributed by atoms with Gasteiger partial charge in [0.25, 0.3) is 0 Å². The Hall–Kier alpha value is -1.26. The molecule has 4 nitrogen and oxygen atoms in total. The zero-order chi connectivity index (χ0) is 13.8. The largest absolute Gasteiger partial charge is 0.496 e. The van der Waals surface area contributed by atoms with E-state index in [1.165, 1.54) is 0 Å². The lowest BCUT2D eigenvalue weighted by molar-refractivity contribution is 0.00967. The Morgan fingerprint density at radius 1 is 1.11 bits per heavy atom. The minimum atomic E-state index is -0.286. The van der Waals surface area contributed by atoms with Crippen molar-refractivity contribution in [1.82, 2.24) is 0 Å². The number of rotatable bonds is 6. The standard InChI is InChI=1S/C14H23NO3/c1-14(2,18-5)9-10(15)13-11(16-3)7-6-8-12(13)17-4/h6-8,10H,9,15H2,1-5H3. The molecule has 4 heteroatoms. The van der Waals surface area contributed by atoms with Gasteiger partial charge in [-0.3, -0.25) is 0 Å². The Morgan fingerprint density at radius 3 is 2.00 bits per heavy atom. The molecule has 0 aliphatic carbocycles. The summed E-state index contributed by atoms with van der Waals surface area (Å²) in [4.78, 5) is 0. The van der Waals surface area contributed by atoms with Crippen molar-refractivity contribution in [2.75, 3.05) is 21.3 Å². The van der Waals surface area contributed by atoms with E-state index >= 15 is 0 Å². The summed E-state index contributed by atoms with van der Waals surface area (Å²) in [5.41, 5.74) is 6.87. The first-order valence-electron chi connectivity index (χ1n) is 5.96. The third-order valence-electron chi connectivity index (χ3n) is 3.10. The lowest BCUT2D eigenvalue weighted by Gasteiger charge is -2.28. The molecule has 1 aromatic rings. The number of hydrogen-bond donors (Lipinski definition) is 1. The van der Waals surface area contributed by atoms with Crippen LogP contribution in [0.4, 0.5) is 0 Å². The van der Waals surface area contributed by atoms with E-state index in [0.29, 0.717) is 6.42 Å². The van der Waals surface area contributed by atoms with Crippen molar-refractivity contribution >= 4 is 0 Å². The zero-order valence-corrected chi connectivity index (χ0v) is 11.8. The van der Waals surface area contributed by atoms with Gasteiger partial charge in [0.05, 0.1) is 25.4 Å². The molecule has 0 amide bonds. The van der Waals surface area contributed by atoms with Crippen molar-refractivity contribution in [1.29, 1.82) is 0 Å². The molecule has 0 aliphatic rings. The Kier molecular flexibility index (Phi) is 4.99. The molecule has 0 spiro atoms. The molecule has 1 rings (SSSR count). The molecular weight excluding hydrogens is 230 g/mol. The minimum Gasteiger partial charge on any atom is -0.496 e. The number of methoxy groups -OCH3 is 3. The van der Waals surface area contributed by atoms with Crippen LogP contribution in [-0.4, -0.2) is 26.9 Å². The monoisotopic (exact) mass is 253 g/mol. The molecule has 0 saturated carbocycles. The van der Waals surface area contributed by atoms with E-state index < -0.39 is 0 Å². The van der Waals surface area contributed by atoms with Crippen LogP contribution in [0.25, 0.3) is 0 Å². The molecule has 2 N–H and O–H groups in total. The fraction of sp³-hybridized carbons (Fsp3) is 0.571. The molecule has 0 radical (unpaired) electrons. The molecule has 1 unspecified atom stereocenters. The van der Waals surface area contributed by atoms with Crippen molar-refractivity contribution < 1.29 is 14.2 Å². The minimum absolute atomic E-state index is 0.203. The van der Waals surface area contributed by atoms with E-state index in [1.54, 1.807) is 21.3 Å². The number of benzene rings is 1. The first-order valence-corrected chi connectivity index (χ1v) is 5.96. The third-order valence-corrected chi connectivity index (χ3v) is 3.10. The van der Waals surface area contributed by atoms with Gasteiger partial charge >= 0.3 is 0 Å². The van der Waals surface area contributed by atoms with Gasteiger partial charge in [-0.1, -0.05) is 6.07 Å². The highest BCUT2D eigenvalue weighted by Crippen LogP contribution is 2.36. The molecule has 0 bridgehead atoms. The topological polar surface area (TPSA) is 53.7 Å². The second-order valence-corrected chi connectivity index (χ2v) is 4.85. The Bertz CT molecular complexity index is 368. The van der Waals surface area contributed by atoms with E-state index in [4.69, 9.17) is 19.9 Å². The summed E-state index contributed by atoms with van der Waals surface area (Å²) in [5.74, 6) is 1.49. The average molecular weight is 253 g/mol. The molecule has 0 heterocycles. The van der Waals surface area contributed by atoms with Crippen molar-refractivity contribution in [3.63, 3.8) is 0 Å². The van der Waals surface area contributed by atoms with Crippen LogP contribution < -0.4 is 15.2 Å². The lowest BCUT2D eigenvalue weighted by Crippen LogP contribution is -2.29. The van der Waals surface area contributed by atoms with Crippen LogP contribution >= 0.6 is 0 Å². The van der Waals surface area contributed by atoms with Gasteiger partial charge in [-0.15, -0.1) is 0 Å². The van der Waals surface area contributed by atoms with Gasteiger partial charge in [0.15, 0.2) is 0 Å². The summed E-state index contributed by atoms with van der Waals surface area (Å²) < 4.78 is 16.1. The maximum atomic E-state index is 6.27. The average Bonchev–Trinajstić information content (AvgIpc) is 2.37. The van der Waals surface area contributed by atoms with Gasteiger partial charge in [-0.05, 0) is 32.4 Å². The van der Waals surface area contributed by atoms with Crippen LogP contribution in [0.5, 0.6) is 11.5 Å². The summed E-state index contributed by atoms with van der Waals surface area (Å²) in [6.45, 7) is 4.02. The molecule has 18 heavy (non-hydrogen) atoms. The summed E-state index contributed by atoms with van der Waals surface area (Å²) in [6, 6.07) is 5.45. The Labute approximate surface area is 109 Å². The van der Waals surface area contributed by atoms with Gasteiger partial charge in [-0.2, -0.15) is 0 Å². The SMILES string of the molecule is COc1cccc(OC)c1C(N)CC(C)(C)OC. The second kappa shape index (κ2) is 6.07. The zero-order valence-electron chi connectivity index (χ0n) is 11.8. The van der Waals surface area contributed by atoms with Gasteiger partial charge in [0, 0.05) is 13.2 Å². The van der Waals surface area contributed by atoms with Gasteiger partial charge in [0.1, 0.15) is 11.5 Å². The smallest absolute Gasteiger partial charge is 0.127 e. The van der Waals surface area contributed by atoms with Crippen molar-refractivity contribution in [3.05, 3.63) is 23.8 Å². The van der Waals surface area contributed by atoms with Crippen molar-refractivity contribution in [3.8, 4) is 11.5 Å². The predicted molar refractivity (Wildman–Crippen MR) is 72.2 cm³/mol. The maximum Gasteiger partial charge on any atom is 0.127 e. The lowest BCUT2D eigenvalue weighted by atomic mass is 9.93. The first-order chi connectivity index (χ1) is 8.45. The van der Waals surface area contributed by atoms with Crippen LogP contribution in [0.3, 0.4) is 0 Å². The van der Waals surface area contributed by atoms with Crippen LogP contribution in [0.1, 0.15) is 31.9 Å². The summed E-state index contributed by atoms with van der Waals surface area (Å²) in [7, 11) is 4.95. The highest BCUT2D eigenvalue weighted by Gasteiger charge is 2.25. The summed E-state index contributed by atoms with van der Waals surface area (Å²) >= 11 is 0. The van der Waals surface area contributed by atoms with E-state index in [2.05, 4.69) is 0 Å². The van der Waals surface area contributed by atoms with Gasteiger partial charge < -0.3 is 19.9 Å². The van der Waals surface area contributed by atoms with E-state index in [9.17, 15) is 0 Å². The highest BCUT2D eigenvalue weighted by molar-refractivity contribution is 5.46. The van der Waals surface area contributed by atoms with Crippen LogP contribution in [0, 0.1) is 0 Å². The van der Waals surface area contributed by atoms with Gasteiger partial charge in [0.2, 0.25) is 0 Å². The number of hydrogen-bond acceptors (Lipinski definition) is 4. The molecular formula is C14H23NO3.